The van der Waals surface area contributed by atoms with Crippen molar-refractivity contribution in [3.05, 3.63) is 78.1 Å². The number of methoxy groups -OCH3 is 2. The second-order valence-electron chi connectivity index (χ2n) is 6.26. The Morgan fingerprint density at radius 2 is 1.66 bits per heavy atom. The normalized spacial score (nSPS) is 10.6. The summed E-state index contributed by atoms with van der Waals surface area (Å²) in [6.07, 6.45) is 2.44. The monoisotopic (exact) mass is 409 g/mol. The first-order valence-corrected chi connectivity index (χ1v) is 10.1. The molecular formula is C22H23N3O3S. The van der Waals surface area contributed by atoms with Gasteiger partial charge in [0, 0.05) is 18.5 Å². The van der Waals surface area contributed by atoms with Gasteiger partial charge in [0.05, 0.1) is 20.0 Å². The molecule has 7 heteroatoms. The van der Waals surface area contributed by atoms with Gasteiger partial charge in [0.25, 0.3) is 0 Å². The average Bonchev–Trinajstić information content (AvgIpc) is 3.14. The minimum absolute atomic E-state index is 0.0301. The zero-order valence-electron chi connectivity index (χ0n) is 16.5. The van der Waals surface area contributed by atoms with Crippen molar-refractivity contribution in [1.82, 2.24) is 14.8 Å². The maximum Gasteiger partial charge on any atom is 0.191 e. The number of nitrogens with zero attached hydrogens (tertiary/aromatic N) is 3. The van der Waals surface area contributed by atoms with Gasteiger partial charge in [0.2, 0.25) is 0 Å². The van der Waals surface area contributed by atoms with E-state index in [1.54, 1.807) is 44.6 Å². The number of aromatic nitrogens is 3. The molecule has 0 saturated carbocycles. The fourth-order valence-electron chi connectivity index (χ4n) is 2.79. The molecule has 2 aromatic carbocycles. The molecule has 0 aliphatic heterocycles. The SMILES string of the molecule is C=CCn1c(Cc2ccc(OC)cc2)nnc1SCC(=O)c1ccc(OC)cc1. The molecule has 1 aromatic heterocycles. The Morgan fingerprint density at radius 3 is 2.24 bits per heavy atom. The van der Waals surface area contributed by atoms with Crippen LogP contribution in [-0.2, 0) is 13.0 Å². The molecule has 1 heterocycles. The summed E-state index contributed by atoms with van der Waals surface area (Å²) in [5.41, 5.74) is 1.75. The van der Waals surface area contributed by atoms with E-state index in [1.165, 1.54) is 11.8 Å². The van der Waals surface area contributed by atoms with E-state index in [-0.39, 0.29) is 11.5 Å². The largest absolute Gasteiger partial charge is 0.497 e. The molecule has 0 spiro atoms. The van der Waals surface area contributed by atoms with Crippen LogP contribution in [0.4, 0.5) is 0 Å². The van der Waals surface area contributed by atoms with E-state index in [1.807, 2.05) is 28.8 Å². The van der Waals surface area contributed by atoms with Gasteiger partial charge in [0.1, 0.15) is 17.3 Å². The van der Waals surface area contributed by atoms with Crippen LogP contribution in [0.15, 0.2) is 66.3 Å². The molecular weight excluding hydrogens is 386 g/mol. The number of rotatable bonds is 10. The third kappa shape index (κ3) is 5.26. The lowest BCUT2D eigenvalue weighted by molar-refractivity contribution is 0.102. The van der Waals surface area contributed by atoms with Gasteiger partial charge in [-0.05, 0) is 42.0 Å². The van der Waals surface area contributed by atoms with E-state index < -0.39 is 0 Å². The fraction of sp³-hybridized carbons (Fsp3) is 0.227. The minimum atomic E-state index is 0.0301. The minimum Gasteiger partial charge on any atom is -0.497 e. The highest BCUT2D eigenvalue weighted by atomic mass is 32.2. The number of ether oxygens (including phenoxy) is 2. The molecule has 0 bridgehead atoms. The third-order valence-corrected chi connectivity index (χ3v) is 5.34. The van der Waals surface area contributed by atoms with Crippen molar-refractivity contribution < 1.29 is 14.3 Å². The van der Waals surface area contributed by atoms with Gasteiger partial charge < -0.3 is 14.0 Å². The predicted octanol–water partition coefficient (Wildman–Crippen LogP) is 4.05. The first-order valence-electron chi connectivity index (χ1n) is 9.10. The van der Waals surface area contributed by atoms with Crippen LogP contribution in [0.1, 0.15) is 21.7 Å². The molecule has 0 aliphatic rings. The Kier molecular flexibility index (Phi) is 7.08. The van der Waals surface area contributed by atoms with E-state index in [2.05, 4.69) is 16.8 Å². The van der Waals surface area contributed by atoms with Gasteiger partial charge in [-0.25, -0.2) is 0 Å². The molecule has 3 rings (SSSR count). The van der Waals surface area contributed by atoms with Gasteiger partial charge in [0.15, 0.2) is 10.9 Å². The summed E-state index contributed by atoms with van der Waals surface area (Å²) in [4.78, 5) is 12.5. The smallest absolute Gasteiger partial charge is 0.191 e. The summed E-state index contributed by atoms with van der Waals surface area (Å²) >= 11 is 1.38. The van der Waals surface area contributed by atoms with E-state index >= 15 is 0 Å². The van der Waals surface area contributed by atoms with Crippen LogP contribution in [0.5, 0.6) is 11.5 Å². The van der Waals surface area contributed by atoms with E-state index in [9.17, 15) is 4.79 Å². The Morgan fingerprint density at radius 1 is 1.03 bits per heavy atom. The molecule has 0 saturated heterocycles. The van der Waals surface area contributed by atoms with Crippen molar-refractivity contribution in [3.63, 3.8) is 0 Å². The van der Waals surface area contributed by atoms with Gasteiger partial charge in [-0.1, -0.05) is 30.0 Å². The van der Waals surface area contributed by atoms with Crippen LogP contribution >= 0.6 is 11.8 Å². The number of allylic oxidation sites excluding steroid dienone is 1. The Balaban J connectivity index is 1.70. The quantitative estimate of drug-likeness (QED) is 0.286. The number of carbonyl (C=O) groups is 1. The summed E-state index contributed by atoms with van der Waals surface area (Å²) in [5.74, 6) is 2.68. The highest BCUT2D eigenvalue weighted by molar-refractivity contribution is 7.99. The first-order chi connectivity index (χ1) is 14.1. The standard InChI is InChI=1S/C22H23N3O3S/c1-4-13-25-21(14-16-5-9-18(27-2)10-6-16)23-24-22(25)29-15-20(26)17-7-11-19(28-3)12-8-17/h4-12H,1,13-15H2,2-3H3. The Hall–Kier alpha value is -3.06. The zero-order chi connectivity index (χ0) is 20.6. The van der Waals surface area contributed by atoms with Crippen molar-refractivity contribution in [2.45, 2.75) is 18.1 Å². The molecule has 3 aromatic rings. The topological polar surface area (TPSA) is 66.2 Å². The molecule has 0 unspecified atom stereocenters. The lowest BCUT2D eigenvalue weighted by Crippen LogP contribution is -2.07. The van der Waals surface area contributed by atoms with Gasteiger partial charge in [-0.2, -0.15) is 0 Å². The van der Waals surface area contributed by atoms with Gasteiger partial charge in [-0.3, -0.25) is 4.79 Å². The maximum atomic E-state index is 12.5. The predicted molar refractivity (Wildman–Crippen MR) is 114 cm³/mol. The van der Waals surface area contributed by atoms with Crippen molar-refractivity contribution in [2.75, 3.05) is 20.0 Å². The lowest BCUT2D eigenvalue weighted by atomic mass is 10.1. The van der Waals surface area contributed by atoms with Gasteiger partial charge in [-0.15, -0.1) is 16.8 Å². The average molecular weight is 410 g/mol. The molecule has 0 fully saturated rings. The Bertz CT molecular complexity index is 966. The number of hydrogen-bond acceptors (Lipinski definition) is 6. The molecule has 29 heavy (non-hydrogen) atoms. The number of thioether (sulfide) groups is 1. The molecule has 0 radical (unpaired) electrons. The molecule has 0 amide bonds. The van der Waals surface area contributed by atoms with Crippen LogP contribution in [0.25, 0.3) is 0 Å². The molecule has 150 valence electrons. The van der Waals surface area contributed by atoms with Crippen LogP contribution < -0.4 is 9.47 Å². The summed E-state index contributed by atoms with van der Waals surface area (Å²) in [7, 11) is 3.25. The molecule has 0 atom stereocenters. The van der Waals surface area contributed by atoms with E-state index in [4.69, 9.17) is 9.47 Å². The summed E-state index contributed by atoms with van der Waals surface area (Å²) in [6.45, 7) is 4.41. The second-order valence-corrected chi connectivity index (χ2v) is 7.21. The third-order valence-electron chi connectivity index (χ3n) is 4.37. The van der Waals surface area contributed by atoms with Crippen molar-refractivity contribution in [2.24, 2.45) is 0 Å². The summed E-state index contributed by atoms with van der Waals surface area (Å²) in [6, 6.07) is 15.0. The van der Waals surface area contributed by atoms with E-state index in [0.29, 0.717) is 23.7 Å². The van der Waals surface area contributed by atoms with Crippen molar-refractivity contribution in [1.29, 1.82) is 0 Å². The zero-order valence-corrected chi connectivity index (χ0v) is 17.3. The highest BCUT2D eigenvalue weighted by Crippen LogP contribution is 2.22. The Labute approximate surface area is 174 Å². The van der Waals surface area contributed by atoms with Gasteiger partial charge >= 0.3 is 0 Å². The molecule has 0 N–H and O–H groups in total. The molecule has 0 aliphatic carbocycles. The van der Waals surface area contributed by atoms with E-state index in [0.717, 1.165) is 22.9 Å². The highest BCUT2D eigenvalue weighted by Gasteiger charge is 2.15. The van der Waals surface area contributed by atoms with Crippen LogP contribution in [0.2, 0.25) is 0 Å². The van der Waals surface area contributed by atoms with Crippen molar-refractivity contribution in [3.8, 4) is 11.5 Å². The van der Waals surface area contributed by atoms with Crippen molar-refractivity contribution >= 4 is 17.5 Å². The fourth-order valence-corrected chi connectivity index (χ4v) is 3.65. The molecule has 6 nitrogen and oxygen atoms in total. The number of carbonyl (C=O) groups excluding carboxylic acids is 1. The van der Waals surface area contributed by atoms with Crippen LogP contribution in [0.3, 0.4) is 0 Å². The second kappa shape index (κ2) is 9.93. The number of benzene rings is 2. The maximum absolute atomic E-state index is 12.5. The summed E-state index contributed by atoms with van der Waals surface area (Å²) in [5, 5.41) is 9.32. The number of ketones is 1. The number of hydrogen-bond donors (Lipinski definition) is 0. The summed E-state index contributed by atoms with van der Waals surface area (Å²) < 4.78 is 12.3. The van der Waals surface area contributed by atoms with Crippen LogP contribution in [0, 0.1) is 0 Å². The van der Waals surface area contributed by atoms with Crippen LogP contribution in [-0.4, -0.2) is 40.5 Å². The lowest BCUT2D eigenvalue weighted by Gasteiger charge is -2.08. The number of Topliss-reactive ketones (excluding diaryl/α,β-unsaturated/α-hetero) is 1. The first kappa shape index (κ1) is 20.7.